The number of benzene rings is 2. The van der Waals surface area contributed by atoms with Crippen molar-refractivity contribution in [3.8, 4) is 17.2 Å². The molecule has 3 rings (SSSR count). The lowest BCUT2D eigenvalue weighted by Gasteiger charge is -2.31. The van der Waals surface area contributed by atoms with Crippen LogP contribution in [0.3, 0.4) is 0 Å². The number of ketones is 1. The third-order valence-corrected chi connectivity index (χ3v) is 5.95. The molecule has 0 spiro atoms. The van der Waals surface area contributed by atoms with Crippen LogP contribution in [0, 0.1) is 11.8 Å². The van der Waals surface area contributed by atoms with E-state index >= 15 is 0 Å². The fraction of sp³-hybridized carbons (Fsp3) is 0.500. The summed E-state index contributed by atoms with van der Waals surface area (Å²) in [6, 6.07) is 4.96. The number of amides is 1. The topological polar surface area (TPSA) is 135 Å². The highest BCUT2D eigenvalue weighted by molar-refractivity contribution is 6.10. The van der Waals surface area contributed by atoms with Crippen LogP contribution in [0.5, 0.6) is 17.2 Å². The second kappa shape index (κ2) is 11.3. The van der Waals surface area contributed by atoms with Crippen LogP contribution in [0.4, 0.5) is 0 Å². The number of hydrogen-bond acceptors (Lipinski definition) is 8. The molecule has 1 amide bonds. The lowest BCUT2D eigenvalue weighted by Crippen LogP contribution is -2.30. The van der Waals surface area contributed by atoms with Crippen molar-refractivity contribution < 1.29 is 39.2 Å². The number of carbonyl (C=O) groups is 2. The molecule has 9 nitrogen and oxygen atoms in total. The van der Waals surface area contributed by atoms with Crippen molar-refractivity contribution in [1.29, 1.82) is 0 Å². The number of rotatable bonds is 11. The molecule has 180 valence electrons. The van der Waals surface area contributed by atoms with Crippen LogP contribution in [0.2, 0.25) is 0 Å². The van der Waals surface area contributed by atoms with Crippen molar-refractivity contribution in [2.75, 3.05) is 33.0 Å². The number of phenols is 2. The molecule has 0 aromatic heterocycles. The summed E-state index contributed by atoms with van der Waals surface area (Å²) >= 11 is 0. The standard InChI is InChI=1S/C24H31NO8/c1-3-4-16-14(2)11-19-21(23(16)28)24(29)17-6-5-15(12-18(17)22(19)27)33-10-9-31-7-8-32-13-20(26)25-30/h5-6,12,14,16,27,29-30H,3-4,7-11,13H2,1-2H3,(H,25,26)/t14-,16+/m1/s1. The summed E-state index contributed by atoms with van der Waals surface area (Å²) in [7, 11) is 0. The first-order valence-electron chi connectivity index (χ1n) is 11.1. The molecule has 1 aliphatic rings. The van der Waals surface area contributed by atoms with E-state index < -0.39 is 5.91 Å². The Bertz CT molecular complexity index is 1010. The Morgan fingerprint density at radius 1 is 1.09 bits per heavy atom. The van der Waals surface area contributed by atoms with E-state index in [0.717, 1.165) is 12.8 Å². The molecule has 0 aliphatic heterocycles. The zero-order valence-electron chi connectivity index (χ0n) is 18.9. The highest BCUT2D eigenvalue weighted by Crippen LogP contribution is 2.46. The van der Waals surface area contributed by atoms with Gasteiger partial charge in [0.15, 0.2) is 5.78 Å². The minimum atomic E-state index is -0.634. The highest BCUT2D eigenvalue weighted by atomic mass is 16.5. The van der Waals surface area contributed by atoms with E-state index in [1.807, 2.05) is 13.8 Å². The van der Waals surface area contributed by atoms with E-state index in [0.29, 0.717) is 28.5 Å². The number of hydroxylamine groups is 1. The normalized spacial score (nSPS) is 17.7. The van der Waals surface area contributed by atoms with Crippen LogP contribution in [0.15, 0.2) is 18.2 Å². The van der Waals surface area contributed by atoms with Crippen molar-refractivity contribution in [2.24, 2.45) is 11.8 Å². The predicted octanol–water partition coefficient (Wildman–Crippen LogP) is 2.96. The van der Waals surface area contributed by atoms with Gasteiger partial charge in [0.1, 0.15) is 30.5 Å². The molecule has 0 saturated carbocycles. The maximum atomic E-state index is 13.1. The van der Waals surface area contributed by atoms with Crippen molar-refractivity contribution in [1.82, 2.24) is 5.48 Å². The van der Waals surface area contributed by atoms with Crippen LogP contribution in [0.1, 0.15) is 42.6 Å². The summed E-state index contributed by atoms with van der Waals surface area (Å²) in [5, 5.41) is 31.0. The number of Topliss-reactive ketones (excluding diaryl/α,β-unsaturated/α-hetero) is 1. The lowest BCUT2D eigenvalue weighted by molar-refractivity contribution is -0.134. The van der Waals surface area contributed by atoms with Gasteiger partial charge < -0.3 is 24.4 Å². The summed E-state index contributed by atoms with van der Waals surface area (Å²) in [6.07, 6.45) is 2.17. The molecule has 0 heterocycles. The first kappa shape index (κ1) is 24.8. The lowest BCUT2D eigenvalue weighted by atomic mass is 9.72. The van der Waals surface area contributed by atoms with E-state index in [9.17, 15) is 19.8 Å². The van der Waals surface area contributed by atoms with Gasteiger partial charge in [-0.2, -0.15) is 0 Å². The molecule has 1 aliphatic carbocycles. The van der Waals surface area contributed by atoms with E-state index in [2.05, 4.69) is 0 Å². The quantitative estimate of drug-likeness (QED) is 0.174. The zero-order chi connectivity index (χ0) is 24.0. The van der Waals surface area contributed by atoms with Crippen LogP contribution < -0.4 is 10.2 Å². The molecule has 2 atom stereocenters. The van der Waals surface area contributed by atoms with Crippen molar-refractivity contribution >= 4 is 22.5 Å². The number of carbonyl (C=O) groups excluding carboxylic acids is 2. The Kier molecular flexibility index (Phi) is 8.49. The predicted molar refractivity (Wildman–Crippen MR) is 120 cm³/mol. The van der Waals surface area contributed by atoms with Crippen LogP contribution in [-0.2, 0) is 20.7 Å². The number of hydrogen-bond donors (Lipinski definition) is 4. The summed E-state index contributed by atoms with van der Waals surface area (Å²) in [6.45, 7) is 4.76. The number of fused-ring (bicyclic) bond motifs is 2. The zero-order valence-corrected chi connectivity index (χ0v) is 18.9. The van der Waals surface area contributed by atoms with Crippen LogP contribution in [-0.4, -0.2) is 60.1 Å². The molecule has 0 radical (unpaired) electrons. The summed E-state index contributed by atoms with van der Waals surface area (Å²) in [5.74, 6) is -0.366. The van der Waals surface area contributed by atoms with Gasteiger partial charge in [0, 0.05) is 22.3 Å². The van der Waals surface area contributed by atoms with Gasteiger partial charge in [-0.15, -0.1) is 0 Å². The van der Waals surface area contributed by atoms with Gasteiger partial charge in [0.05, 0.1) is 25.4 Å². The molecular weight excluding hydrogens is 430 g/mol. The maximum Gasteiger partial charge on any atom is 0.269 e. The molecule has 2 aromatic rings. The van der Waals surface area contributed by atoms with E-state index in [4.69, 9.17) is 19.4 Å². The highest BCUT2D eigenvalue weighted by Gasteiger charge is 2.37. The number of phenolic OH excluding ortho intramolecular Hbond substituents is 2. The average molecular weight is 462 g/mol. The van der Waals surface area contributed by atoms with Gasteiger partial charge in [0.2, 0.25) is 0 Å². The molecule has 2 aromatic carbocycles. The average Bonchev–Trinajstić information content (AvgIpc) is 2.81. The van der Waals surface area contributed by atoms with Crippen molar-refractivity contribution in [3.63, 3.8) is 0 Å². The third-order valence-electron chi connectivity index (χ3n) is 5.95. The minimum Gasteiger partial charge on any atom is -0.507 e. The van der Waals surface area contributed by atoms with Crippen LogP contribution in [0.25, 0.3) is 10.8 Å². The van der Waals surface area contributed by atoms with Crippen molar-refractivity contribution in [2.45, 2.75) is 33.1 Å². The fourth-order valence-corrected chi connectivity index (χ4v) is 4.31. The third kappa shape index (κ3) is 5.55. The largest absolute Gasteiger partial charge is 0.507 e. The molecule has 9 heteroatoms. The first-order valence-corrected chi connectivity index (χ1v) is 11.1. The number of nitrogens with one attached hydrogen (secondary N) is 1. The van der Waals surface area contributed by atoms with Gasteiger partial charge in [0.25, 0.3) is 5.91 Å². The molecule has 0 unspecified atom stereocenters. The smallest absolute Gasteiger partial charge is 0.269 e. The van der Waals surface area contributed by atoms with Gasteiger partial charge in [-0.3, -0.25) is 14.8 Å². The molecule has 33 heavy (non-hydrogen) atoms. The van der Waals surface area contributed by atoms with Crippen molar-refractivity contribution in [3.05, 3.63) is 29.3 Å². The number of aromatic hydroxyl groups is 2. The van der Waals surface area contributed by atoms with E-state index in [1.165, 1.54) is 5.48 Å². The SMILES string of the molecule is CCC[C@@H]1C(=O)c2c(c(O)c3cc(OCCOCCOCC(=O)NO)ccc3c2O)C[C@H]1C. The molecular formula is C24H31NO8. The summed E-state index contributed by atoms with van der Waals surface area (Å²) in [4.78, 5) is 23.9. The second-order valence-corrected chi connectivity index (χ2v) is 8.25. The second-order valence-electron chi connectivity index (χ2n) is 8.25. The van der Waals surface area contributed by atoms with Crippen LogP contribution >= 0.6 is 0 Å². The maximum absolute atomic E-state index is 13.1. The Morgan fingerprint density at radius 3 is 2.55 bits per heavy atom. The summed E-state index contributed by atoms with van der Waals surface area (Å²) < 4.78 is 16.0. The minimum absolute atomic E-state index is 0.0127. The Labute approximate surface area is 192 Å². The molecule has 4 N–H and O–H groups in total. The molecule has 0 bridgehead atoms. The number of ether oxygens (including phenoxy) is 3. The van der Waals surface area contributed by atoms with E-state index in [1.54, 1.807) is 18.2 Å². The monoisotopic (exact) mass is 461 g/mol. The Hall–Kier alpha value is -2.88. The fourth-order valence-electron chi connectivity index (χ4n) is 4.31. The summed E-state index contributed by atoms with van der Waals surface area (Å²) in [5.41, 5.74) is 2.22. The van der Waals surface area contributed by atoms with Gasteiger partial charge in [-0.05, 0) is 37.0 Å². The molecule has 0 saturated heterocycles. The molecule has 0 fully saturated rings. The van der Waals surface area contributed by atoms with Gasteiger partial charge >= 0.3 is 0 Å². The first-order chi connectivity index (χ1) is 15.9. The Morgan fingerprint density at radius 2 is 1.82 bits per heavy atom. The van der Waals surface area contributed by atoms with Gasteiger partial charge in [-0.1, -0.05) is 20.3 Å². The Balaban J connectivity index is 1.65. The van der Waals surface area contributed by atoms with E-state index in [-0.39, 0.29) is 67.7 Å². The van der Waals surface area contributed by atoms with Gasteiger partial charge in [-0.25, -0.2) is 5.48 Å².